The molecule has 1 aliphatic carbocycles. The van der Waals surface area contributed by atoms with Gasteiger partial charge in [-0.3, -0.25) is 0 Å². The first-order valence-electron chi connectivity index (χ1n) is 22.3. The molecule has 66 heavy (non-hydrogen) atoms. The molecule has 0 spiro atoms. The molecule has 6 heteroatoms. The van der Waals surface area contributed by atoms with E-state index in [0.29, 0.717) is 0 Å². The average molecular weight is 857 g/mol. The van der Waals surface area contributed by atoms with Crippen molar-refractivity contribution in [2.24, 2.45) is 0 Å². The Kier molecular flexibility index (Phi) is 9.64. The van der Waals surface area contributed by atoms with Gasteiger partial charge in [-0.05, 0) is 157 Å². The van der Waals surface area contributed by atoms with Crippen LogP contribution in [0.4, 0.5) is 37.2 Å². The van der Waals surface area contributed by atoms with Crippen molar-refractivity contribution in [2.75, 3.05) is 9.80 Å². The van der Waals surface area contributed by atoms with E-state index in [4.69, 9.17) is 0 Å². The van der Waals surface area contributed by atoms with E-state index in [1.807, 2.05) is 30.3 Å². The highest BCUT2D eigenvalue weighted by molar-refractivity contribution is 6.10. The van der Waals surface area contributed by atoms with E-state index in [1.54, 1.807) is 0 Å². The molecule has 1 aliphatic rings. The highest BCUT2D eigenvalue weighted by Gasteiger charge is 2.25. The van der Waals surface area contributed by atoms with Gasteiger partial charge in [-0.2, -0.15) is 0 Å². The zero-order valence-electron chi connectivity index (χ0n) is 35.9. The van der Waals surface area contributed by atoms with Crippen LogP contribution in [0.3, 0.4) is 0 Å². The Morgan fingerprint density at radius 2 is 0.803 bits per heavy atom. The molecule has 11 aromatic rings. The van der Waals surface area contributed by atoms with E-state index < -0.39 is 0 Å². The lowest BCUT2D eigenvalue weighted by atomic mass is 9.97. The molecule has 0 bridgehead atoms. The van der Waals surface area contributed by atoms with Gasteiger partial charge in [-0.15, -0.1) is 0 Å². The monoisotopic (exact) mass is 856 g/mol. The van der Waals surface area contributed by atoms with Crippen molar-refractivity contribution < 1.29 is 8.78 Å². The van der Waals surface area contributed by atoms with E-state index in [9.17, 15) is 8.78 Å². The normalized spacial score (nSPS) is 12.4. The summed E-state index contributed by atoms with van der Waals surface area (Å²) in [5.41, 5.74) is 16.4. The van der Waals surface area contributed by atoms with E-state index in [0.717, 1.165) is 91.1 Å². The van der Waals surface area contributed by atoms with E-state index >= 15 is 0 Å². The maximum atomic E-state index is 14.0. The summed E-state index contributed by atoms with van der Waals surface area (Å²) >= 11 is 0. The van der Waals surface area contributed by atoms with Crippen LogP contribution >= 0.6 is 0 Å². The number of hydrogen-bond acceptors (Lipinski definition) is 2. The molecule has 0 radical (unpaired) electrons. The predicted octanol–water partition coefficient (Wildman–Crippen LogP) is 16.3. The molecule has 0 aliphatic heterocycles. The van der Waals surface area contributed by atoms with Gasteiger partial charge in [0.1, 0.15) is 11.6 Å². The first-order valence-corrected chi connectivity index (χ1v) is 22.3. The summed E-state index contributed by atoms with van der Waals surface area (Å²) < 4.78 is 32.5. The molecule has 2 heterocycles. The third-order valence-electron chi connectivity index (χ3n) is 12.9. The number of halogens is 2. The van der Waals surface area contributed by atoms with Crippen LogP contribution in [-0.4, -0.2) is 9.13 Å². The Labute approximate surface area is 381 Å². The molecule has 12 rings (SSSR count). The second kappa shape index (κ2) is 16.3. The van der Waals surface area contributed by atoms with Gasteiger partial charge < -0.3 is 18.9 Å². The molecule has 0 saturated heterocycles. The van der Waals surface area contributed by atoms with Crippen molar-refractivity contribution in [2.45, 2.75) is 12.8 Å². The number of rotatable bonds is 9. The van der Waals surface area contributed by atoms with Crippen LogP contribution in [0.25, 0.3) is 61.3 Å². The third-order valence-corrected chi connectivity index (χ3v) is 12.9. The van der Waals surface area contributed by atoms with Crippen LogP contribution in [0, 0.1) is 11.6 Å². The highest BCUT2D eigenvalue weighted by atomic mass is 19.1. The number of allylic oxidation sites excluding steroid dienone is 1. The fourth-order valence-corrected chi connectivity index (χ4v) is 9.93. The van der Waals surface area contributed by atoms with Crippen molar-refractivity contribution in [3.05, 3.63) is 253 Å². The van der Waals surface area contributed by atoms with Gasteiger partial charge in [0.25, 0.3) is 0 Å². The molecule has 316 valence electrons. The molecule has 0 fully saturated rings. The van der Waals surface area contributed by atoms with Crippen molar-refractivity contribution in [3.63, 3.8) is 0 Å². The molecule has 0 saturated carbocycles. The van der Waals surface area contributed by atoms with Crippen molar-refractivity contribution in [1.29, 1.82) is 0 Å². The first kappa shape index (κ1) is 39.1. The minimum absolute atomic E-state index is 0.237. The topological polar surface area (TPSA) is 16.3 Å². The van der Waals surface area contributed by atoms with Gasteiger partial charge in [0.2, 0.25) is 0 Å². The van der Waals surface area contributed by atoms with Crippen LogP contribution in [0.5, 0.6) is 0 Å². The van der Waals surface area contributed by atoms with Gasteiger partial charge in [0, 0.05) is 72.9 Å². The van der Waals surface area contributed by atoms with Crippen LogP contribution in [0.2, 0.25) is 0 Å². The standard InChI is InChI=1S/C60H42F2N4/c61-43-23-31-49(32-24-43)65-57-17-9-7-15-53(57)55-39-51(35-37-59(55)65)63(45-11-3-1-4-12-45)47-27-19-41(20-28-47)42-21-29-48(30-22-42)64(46-13-5-2-6-14-46)52-36-38-60-56(40-52)54-16-8-10-18-58(54)66(60)50-33-25-44(62)26-34-50/h1-35,37,39-40H,36,38H2. The summed E-state index contributed by atoms with van der Waals surface area (Å²) in [6.45, 7) is 0. The Morgan fingerprint density at radius 1 is 0.348 bits per heavy atom. The number of para-hydroxylation sites is 4. The molecule has 0 atom stereocenters. The van der Waals surface area contributed by atoms with Crippen molar-refractivity contribution in [1.82, 2.24) is 9.13 Å². The summed E-state index contributed by atoms with van der Waals surface area (Å²) in [7, 11) is 0. The van der Waals surface area contributed by atoms with Crippen LogP contribution in [0.1, 0.15) is 17.7 Å². The predicted molar refractivity (Wildman–Crippen MR) is 269 cm³/mol. The zero-order chi connectivity index (χ0) is 44.1. The van der Waals surface area contributed by atoms with E-state index in [1.165, 1.54) is 46.6 Å². The zero-order valence-corrected chi connectivity index (χ0v) is 35.9. The average Bonchev–Trinajstić information content (AvgIpc) is 3.88. The van der Waals surface area contributed by atoms with Gasteiger partial charge in [-0.25, -0.2) is 8.78 Å². The number of anilines is 5. The Bertz CT molecular complexity index is 3570. The molecule has 4 nitrogen and oxygen atoms in total. The summed E-state index contributed by atoms with van der Waals surface area (Å²) in [5, 5.41) is 3.44. The van der Waals surface area contributed by atoms with Crippen molar-refractivity contribution in [3.8, 4) is 22.5 Å². The lowest BCUT2D eigenvalue weighted by Gasteiger charge is -2.30. The Hall–Kier alpha value is -8.48. The maximum Gasteiger partial charge on any atom is 0.123 e. The summed E-state index contributed by atoms with van der Waals surface area (Å²) in [5.74, 6) is -0.490. The third kappa shape index (κ3) is 6.82. The Balaban J connectivity index is 0.889. The maximum absolute atomic E-state index is 14.0. The quantitative estimate of drug-likeness (QED) is 0.144. The highest BCUT2D eigenvalue weighted by Crippen LogP contribution is 2.43. The fraction of sp³-hybridized carbons (Fsp3) is 0.0333. The van der Waals surface area contributed by atoms with Gasteiger partial charge in [0.05, 0.1) is 16.6 Å². The smallest absolute Gasteiger partial charge is 0.123 e. The molecule has 0 amide bonds. The lowest BCUT2D eigenvalue weighted by molar-refractivity contribution is 0.627. The summed E-state index contributed by atoms with van der Waals surface area (Å²) in [4.78, 5) is 4.68. The fourth-order valence-electron chi connectivity index (χ4n) is 9.93. The molecular weight excluding hydrogens is 815 g/mol. The summed E-state index contributed by atoms with van der Waals surface area (Å²) in [6, 6.07) is 75.8. The number of hydrogen-bond donors (Lipinski definition) is 0. The van der Waals surface area contributed by atoms with E-state index in [-0.39, 0.29) is 11.6 Å². The second-order valence-corrected chi connectivity index (χ2v) is 16.8. The van der Waals surface area contributed by atoms with Crippen LogP contribution in [0.15, 0.2) is 230 Å². The van der Waals surface area contributed by atoms with Gasteiger partial charge in [0.15, 0.2) is 0 Å². The molecule has 2 aromatic heterocycles. The van der Waals surface area contributed by atoms with Crippen molar-refractivity contribution >= 4 is 67.2 Å². The van der Waals surface area contributed by atoms with Crippen LogP contribution < -0.4 is 9.80 Å². The number of benzene rings is 9. The SMILES string of the molecule is Fc1ccc(-n2c3c(c4ccccc42)C=C(N(c2ccccc2)c2ccc(-c4ccc(N(c5ccccc5)c5ccc6c(c5)c5ccccc5n6-c5ccc(F)cc5)cc4)cc2)CC3)cc1. The molecule has 9 aromatic carbocycles. The van der Waals surface area contributed by atoms with Crippen LogP contribution in [-0.2, 0) is 6.42 Å². The molecule has 0 N–H and O–H groups in total. The summed E-state index contributed by atoms with van der Waals surface area (Å²) in [6.07, 6.45) is 4.03. The lowest BCUT2D eigenvalue weighted by Crippen LogP contribution is -2.19. The largest absolute Gasteiger partial charge is 0.314 e. The Morgan fingerprint density at radius 3 is 1.41 bits per heavy atom. The number of aromatic nitrogens is 2. The van der Waals surface area contributed by atoms with E-state index in [2.05, 4.69) is 195 Å². The second-order valence-electron chi connectivity index (χ2n) is 16.8. The van der Waals surface area contributed by atoms with Gasteiger partial charge >= 0.3 is 0 Å². The minimum atomic E-state index is -0.253. The minimum Gasteiger partial charge on any atom is -0.314 e. The molecular formula is C60H42F2N4. The first-order chi connectivity index (χ1) is 32.6. The number of fused-ring (bicyclic) bond motifs is 6. The number of nitrogens with zero attached hydrogens (tertiary/aromatic N) is 4. The molecule has 0 unspecified atom stereocenters. The van der Waals surface area contributed by atoms with Gasteiger partial charge in [-0.1, -0.05) is 97.1 Å².